The molecule has 0 bridgehead atoms. The predicted octanol–water partition coefficient (Wildman–Crippen LogP) is 5.57. The van der Waals surface area contributed by atoms with Crippen LogP contribution >= 0.6 is 8.86 Å². The van der Waals surface area contributed by atoms with Crippen molar-refractivity contribution in [3.05, 3.63) is 78.0 Å². The van der Waals surface area contributed by atoms with Gasteiger partial charge in [-0.05, 0) is 36.8 Å². The molecule has 0 amide bonds. The second-order valence-corrected chi connectivity index (χ2v) is 5.70. The van der Waals surface area contributed by atoms with E-state index in [2.05, 4.69) is 56.8 Å². The molecule has 116 valence electrons. The fraction of sp³-hybridized carbons (Fsp3) is 0.100. The maximum atomic E-state index is 4.22. The van der Waals surface area contributed by atoms with Crippen LogP contribution in [0.1, 0.15) is 25.0 Å². The molecule has 3 heteroatoms. The van der Waals surface area contributed by atoms with E-state index in [-0.39, 0.29) is 0 Å². The van der Waals surface area contributed by atoms with Crippen LogP contribution in [0, 0.1) is 0 Å². The first kappa shape index (κ1) is 16.9. The summed E-state index contributed by atoms with van der Waals surface area (Å²) in [6.07, 6.45) is 11.9. The Labute approximate surface area is 140 Å². The third kappa shape index (κ3) is 4.77. The van der Waals surface area contributed by atoms with Crippen molar-refractivity contribution in [2.45, 2.75) is 13.8 Å². The highest BCUT2D eigenvalue weighted by Crippen LogP contribution is 2.27. The molecule has 0 fully saturated rings. The van der Waals surface area contributed by atoms with Gasteiger partial charge in [0.15, 0.2) is 0 Å². The molecule has 2 rings (SSSR count). The number of hydrogen-bond donors (Lipinski definition) is 1. The van der Waals surface area contributed by atoms with Gasteiger partial charge in [-0.1, -0.05) is 60.7 Å². The molecule has 23 heavy (non-hydrogen) atoms. The van der Waals surface area contributed by atoms with Crippen LogP contribution in [0.4, 0.5) is 0 Å². The summed E-state index contributed by atoms with van der Waals surface area (Å²) in [6, 6.07) is 8.35. The van der Waals surface area contributed by atoms with Gasteiger partial charge in [0, 0.05) is 11.1 Å². The first-order chi connectivity index (χ1) is 11.1. The summed E-state index contributed by atoms with van der Waals surface area (Å²) < 4.78 is 0. The Morgan fingerprint density at radius 1 is 1.26 bits per heavy atom. The highest BCUT2D eigenvalue weighted by molar-refractivity contribution is 7.18. The van der Waals surface area contributed by atoms with Crippen LogP contribution in [0.5, 0.6) is 0 Å². The van der Waals surface area contributed by atoms with E-state index in [1.807, 2.05) is 49.3 Å². The zero-order valence-electron chi connectivity index (χ0n) is 13.5. The third-order valence-corrected chi connectivity index (χ3v) is 3.54. The van der Waals surface area contributed by atoms with E-state index < -0.39 is 0 Å². The summed E-state index contributed by atoms with van der Waals surface area (Å²) in [5, 5.41) is 7.33. The van der Waals surface area contributed by atoms with E-state index in [9.17, 15) is 0 Å². The lowest BCUT2D eigenvalue weighted by Gasteiger charge is -2.05. The van der Waals surface area contributed by atoms with Crippen LogP contribution < -0.4 is 0 Å². The van der Waals surface area contributed by atoms with Crippen molar-refractivity contribution in [1.29, 1.82) is 0 Å². The summed E-state index contributed by atoms with van der Waals surface area (Å²) in [7, 11) is 3.33. The van der Waals surface area contributed by atoms with Crippen LogP contribution in [-0.4, -0.2) is 16.0 Å². The minimum atomic E-state index is 1.03. The molecule has 2 nitrogen and oxygen atoms in total. The van der Waals surface area contributed by atoms with Crippen LogP contribution in [0.3, 0.4) is 0 Å². The van der Waals surface area contributed by atoms with E-state index in [4.69, 9.17) is 0 Å². The molecular formula is C20H21N2P. The Morgan fingerprint density at radius 2 is 2.09 bits per heavy atom. The van der Waals surface area contributed by atoms with Crippen LogP contribution in [0.15, 0.2) is 66.9 Å². The molecule has 0 spiro atoms. The van der Waals surface area contributed by atoms with Crippen LogP contribution in [-0.2, 0) is 0 Å². The minimum absolute atomic E-state index is 1.03. The van der Waals surface area contributed by atoms with Gasteiger partial charge in [-0.15, -0.1) is 8.86 Å². The normalized spacial score (nSPS) is 12.2. The van der Waals surface area contributed by atoms with Crippen molar-refractivity contribution in [3.63, 3.8) is 0 Å². The SMILES string of the molecule is C=C(C)/C=C\C=C(/C)c1cn[nH]c1-c1cccc(/C=C\C=P)c1. The number of benzene rings is 1. The predicted molar refractivity (Wildman–Crippen MR) is 105 cm³/mol. The van der Waals surface area contributed by atoms with Crippen LogP contribution in [0.2, 0.25) is 0 Å². The molecule has 0 aliphatic heterocycles. The second kappa shape index (κ2) is 8.26. The summed E-state index contributed by atoms with van der Waals surface area (Å²) in [5.41, 5.74) is 6.57. The van der Waals surface area contributed by atoms with Crippen molar-refractivity contribution < 1.29 is 0 Å². The first-order valence-corrected chi connectivity index (χ1v) is 8.01. The fourth-order valence-corrected chi connectivity index (χ4v) is 2.30. The minimum Gasteiger partial charge on any atom is -0.277 e. The zero-order chi connectivity index (χ0) is 16.7. The quantitative estimate of drug-likeness (QED) is 0.547. The molecule has 2 aromatic rings. The van der Waals surface area contributed by atoms with E-state index in [0.717, 1.165) is 33.5 Å². The molecule has 1 heterocycles. The smallest absolute Gasteiger partial charge is 0.0725 e. The highest BCUT2D eigenvalue weighted by atomic mass is 31.0. The molecule has 1 aromatic heterocycles. The molecule has 0 atom stereocenters. The molecule has 0 saturated carbocycles. The average molecular weight is 320 g/mol. The monoisotopic (exact) mass is 320 g/mol. The summed E-state index contributed by atoms with van der Waals surface area (Å²) >= 11 is 0. The van der Waals surface area contributed by atoms with Gasteiger partial charge in [-0.25, -0.2) is 0 Å². The topological polar surface area (TPSA) is 28.7 Å². The summed E-state index contributed by atoms with van der Waals surface area (Å²) in [4.78, 5) is 0. The lowest BCUT2D eigenvalue weighted by atomic mass is 10.0. The van der Waals surface area contributed by atoms with Crippen LogP contribution in [0.25, 0.3) is 22.9 Å². The largest absolute Gasteiger partial charge is 0.277 e. The Hall–Kier alpha value is -2.44. The number of allylic oxidation sites excluding steroid dienone is 6. The molecular weight excluding hydrogens is 299 g/mol. The van der Waals surface area contributed by atoms with Crippen molar-refractivity contribution in [3.8, 4) is 11.3 Å². The maximum absolute atomic E-state index is 4.22. The van der Waals surface area contributed by atoms with Gasteiger partial charge in [0.1, 0.15) is 0 Å². The fourth-order valence-electron chi connectivity index (χ4n) is 2.21. The number of rotatable bonds is 6. The Morgan fingerprint density at radius 3 is 2.83 bits per heavy atom. The first-order valence-electron chi connectivity index (χ1n) is 7.43. The molecule has 0 aliphatic rings. The number of H-pyrrole nitrogens is 1. The highest BCUT2D eigenvalue weighted by Gasteiger charge is 2.09. The second-order valence-electron chi connectivity index (χ2n) is 5.37. The number of aromatic amines is 1. The van der Waals surface area contributed by atoms with E-state index in [1.54, 1.807) is 0 Å². The summed E-state index contributed by atoms with van der Waals surface area (Å²) in [6.45, 7) is 7.93. The average Bonchev–Trinajstić information content (AvgIpc) is 3.02. The number of nitrogens with one attached hydrogen (secondary N) is 1. The molecule has 0 radical (unpaired) electrons. The van der Waals surface area contributed by atoms with Gasteiger partial charge in [0.05, 0.1) is 11.9 Å². The lowest BCUT2D eigenvalue weighted by Crippen LogP contribution is -1.85. The Bertz CT molecular complexity index is 791. The van der Waals surface area contributed by atoms with Crippen molar-refractivity contribution in [2.24, 2.45) is 0 Å². The van der Waals surface area contributed by atoms with E-state index >= 15 is 0 Å². The lowest BCUT2D eigenvalue weighted by molar-refractivity contribution is 1.10. The van der Waals surface area contributed by atoms with Gasteiger partial charge >= 0.3 is 0 Å². The Balaban J connectivity index is 2.36. The number of hydrogen-bond acceptors (Lipinski definition) is 1. The molecule has 0 saturated heterocycles. The van der Waals surface area contributed by atoms with E-state index in [0.29, 0.717) is 0 Å². The molecule has 1 aromatic carbocycles. The van der Waals surface area contributed by atoms with Crippen molar-refractivity contribution >= 4 is 26.3 Å². The van der Waals surface area contributed by atoms with Crippen molar-refractivity contribution in [1.82, 2.24) is 10.2 Å². The maximum Gasteiger partial charge on any atom is 0.0725 e. The van der Waals surface area contributed by atoms with Gasteiger partial charge in [0.2, 0.25) is 0 Å². The summed E-state index contributed by atoms with van der Waals surface area (Å²) in [5.74, 6) is 1.83. The van der Waals surface area contributed by atoms with Gasteiger partial charge in [0.25, 0.3) is 0 Å². The van der Waals surface area contributed by atoms with Crippen molar-refractivity contribution in [2.75, 3.05) is 0 Å². The third-order valence-electron chi connectivity index (χ3n) is 3.35. The van der Waals surface area contributed by atoms with E-state index in [1.165, 1.54) is 0 Å². The molecule has 0 unspecified atom stereocenters. The standard InChI is InChI=1S/C20H21N2P/c1-15(2)7-4-8-16(3)19-14-21-22-20(19)18-11-5-9-17(13-18)10-6-12-23/h4-14,23H,1H2,2-3H3,(H,21,22)/b7-4-,10-6-,16-8+. The number of nitrogens with zero attached hydrogens (tertiary/aromatic N) is 1. The molecule has 0 aliphatic carbocycles. The van der Waals surface area contributed by atoms with Gasteiger partial charge in [-0.2, -0.15) is 5.10 Å². The number of aromatic nitrogens is 2. The molecule has 1 N–H and O–H groups in total. The zero-order valence-corrected chi connectivity index (χ0v) is 14.5. The van der Waals surface area contributed by atoms with Gasteiger partial charge in [-0.3, -0.25) is 5.10 Å². The van der Waals surface area contributed by atoms with Gasteiger partial charge < -0.3 is 0 Å². The Kier molecular flexibility index (Phi) is 6.08.